The molecule has 0 amide bonds. The molecule has 21 heavy (non-hydrogen) atoms. The van der Waals surface area contributed by atoms with Crippen LogP contribution in [-0.4, -0.2) is 18.1 Å². The maximum Gasteiger partial charge on any atom is 0.212 e. The molecule has 0 spiro atoms. The van der Waals surface area contributed by atoms with Crippen LogP contribution in [0.15, 0.2) is 41.0 Å². The number of nitrogens with zero attached hydrogens (tertiary/aromatic N) is 1. The van der Waals surface area contributed by atoms with Crippen LogP contribution in [0.4, 0.5) is 4.39 Å². The van der Waals surface area contributed by atoms with Crippen LogP contribution in [0.3, 0.4) is 0 Å². The van der Waals surface area contributed by atoms with Crippen molar-refractivity contribution in [2.24, 2.45) is 5.84 Å². The average molecular weight is 354 g/mol. The van der Waals surface area contributed by atoms with Crippen molar-refractivity contribution in [1.29, 1.82) is 0 Å². The summed E-state index contributed by atoms with van der Waals surface area (Å²) in [7, 11) is 1.58. The lowest BCUT2D eigenvalue weighted by molar-refractivity contribution is 0.397. The molecule has 2 aromatic rings. The lowest BCUT2D eigenvalue weighted by Gasteiger charge is -2.17. The fourth-order valence-electron chi connectivity index (χ4n) is 2.08. The van der Waals surface area contributed by atoms with E-state index in [0.717, 1.165) is 22.0 Å². The van der Waals surface area contributed by atoms with Crippen LogP contribution in [0, 0.1) is 5.82 Å². The third kappa shape index (κ3) is 4.49. The highest BCUT2D eigenvalue weighted by Crippen LogP contribution is 2.20. The number of hydrogen-bond donors (Lipinski definition) is 2. The van der Waals surface area contributed by atoms with Crippen LogP contribution in [0.25, 0.3) is 0 Å². The number of nitrogens with one attached hydrogen (secondary N) is 1. The van der Waals surface area contributed by atoms with Gasteiger partial charge in [-0.1, -0.05) is 28.1 Å². The van der Waals surface area contributed by atoms with Crippen molar-refractivity contribution < 1.29 is 9.13 Å². The molecule has 0 aliphatic heterocycles. The number of halogens is 2. The van der Waals surface area contributed by atoms with Gasteiger partial charge in [0.15, 0.2) is 0 Å². The SMILES string of the molecule is COc1ccc(CC(Cc2ccc(F)cc2Br)NN)cn1. The Labute approximate surface area is 131 Å². The van der Waals surface area contributed by atoms with Gasteiger partial charge in [-0.2, -0.15) is 0 Å². The minimum absolute atomic E-state index is 0.0296. The number of benzene rings is 1. The van der Waals surface area contributed by atoms with Crippen molar-refractivity contribution in [1.82, 2.24) is 10.4 Å². The second kappa shape index (κ2) is 7.49. The molecule has 1 unspecified atom stereocenters. The standard InChI is InChI=1S/C15H17BrFN3O/c1-21-15-5-2-10(9-19-15)6-13(20-18)7-11-3-4-12(17)8-14(11)16/h2-5,8-9,13,20H,6-7,18H2,1H3. The summed E-state index contributed by atoms with van der Waals surface area (Å²) in [5, 5.41) is 0. The third-order valence-corrected chi connectivity index (χ3v) is 3.94. The fraction of sp³-hybridized carbons (Fsp3) is 0.267. The molecule has 1 aromatic carbocycles. The fourth-order valence-corrected chi connectivity index (χ4v) is 2.59. The Morgan fingerprint density at radius 1 is 1.33 bits per heavy atom. The number of rotatable bonds is 6. The van der Waals surface area contributed by atoms with Crippen LogP contribution in [0.1, 0.15) is 11.1 Å². The van der Waals surface area contributed by atoms with Gasteiger partial charge in [-0.05, 0) is 36.1 Å². The largest absolute Gasteiger partial charge is 0.481 e. The molecule has 3 N–H and O–H groups in total. The summed E-state index contributed by atoms with van der Waals surface area (Å²) < 4.78 is 18.9. The zero-order valence-electron chi connectivity index (χ0n) is 11.6. The van der Waals surface area contributed by atoms with E-state index in [1.54, 1.807) is 19.4 Å². The molecule has 1 heterocycles. The van der Waals surface area contributed by atoms with Crippen molar-refractivity contribution in [3.63, 3.8) is 0 Å². The Morgan fingerprint density at radius 3 is 2.71 bits per heavy atom. The number of nitrogens with two attached hydrogens (primary N) is 1. The quantitative estimate of drug-likeness (QED) is 0.619. The van der Waals surface area contributed by atoms with E-state index in [0.29, 0.717) is 12.3 Å². The molecule has 0 fully saturated rings. The van der Waals surface area contributed by atoms with E-state index in [4.69, 9.17) is 10.6 Å². The summed E-state index contributed by atoms with van der Waals surface area (Å²) >= 11 is 3.37. The van der Waals surface area contributed by atoms with E-state index >= 15 is 0 Å². The zero-order valence-corrected chi connectivity index (χ0v) is 13.2. The predicted octanol–water partition coefficient (Wildman–Crippen LogP) is 2.61. The molecule has 2 rings (SSSR count). The van der Waals surface area contributed by atoms with Crippen molar-refractivity contribution in [2.45, 2.75) is 18.9 Å². The van der Waals surface area contributed by atoms with Crippen molar-refractivity contribution >= 4 is 15.9 Å². The third-order valence-electron chi connectivity index (χ3n) is 3.21. The molecule has 1 aromatic heterocycles. The number of pyridine rings is 1. The van der Waals surface area contributed by atoms with E-state index in [-0.39, 0.29) is 11.9 Å². The Kier molecular flexibility index (Phi) is 5.67. The van der Waals surface area contributed by atoms with Crippen molar-refractivity contribution in [2.75, 3.05) is 7.11 Å². The number of hydrogen-bond acceptors (Lipinski definition) is 4. The lowest BCUT2D eigenvalue weighted by Crippen LogP contribution is -2.38. The maximum absolute atomic E-state index is 13.1. The first-order valence-corrected chi connectivity index (χ1v) is 7.30. The first-order chi connectivity index (χ1) is 10.1. The van der Waals surface area contributed by atoms with Gasteiger partial charge in [-0.3, -0.25) is 11.3 Å². The molecular formula is C15H17BrFN3O. The Bertz CT molecular complexity index is 592. The molecule has 112 valence electrons. The summed E-state index contributed by atoms with van der Waals surface area (Å²) in [6.45, 7) is 0. The summed E-state index contributed by atoms with van der Waals surface area (Å²) in [6, 6.07) is 8.46. The topological polar surface area (TPSA) is 60.2 Å². The first kappa shape index (κ1) is 15.9. The molecule has 0 aliphatic rings. The maximum atomic E-state index is 13.1. The lowest BCUT2D eigenvalue weighted by atomic mass is 10.0. The van der Waals surface area contributed by atoms with Gasteiger partial charge >= 0.3 is 0 Å². The monoisotopic (exact) mass is 353 g/mol. The zero-order chi connectivity index (χ0) is 15.2. The van der Waals surface area contributed by atoms with Crippen molar-refractivity contribution in [3.8, 4) is 5.88 Å². The minimum Gasteiger partial charge on any atom is -0.481 e. The van der Waals surface area contributed by atoms with E-state index in [1.165, 1.54) is 12.1 Å². The van der Waals surface area contributed by atoms with Gasteiger partial charge in [0.1, 0.15) is 5.82 Å². The molecule has 0 radical (unpaired) electrons. The number of methoxy groups -OCH3 is 1. The van der Waals surface area contributed by atoms with E-state index in [9.17, 15) is 4.39 Å². The van der Waals surface area contributed by atoms with Crippen LogP contribution >= 0.6 is 15.9 Å². The smallest absolute Gasteiger partial charge is 0.212 e. The summed E-state index contributed by atoms with van der Waals surface area (Å²) in [5.41, 5.74) is 4.85. The molecule has 1 atom stereocenters. The highest BCUT2D eigenvalue weighted by molar-refractivity contribution is 9.10. The number of aromatic nitrogens is 1. The van der Waals surface area contributed by atoms with Gasteiger partial charge in [-0.15, -0.1) is 0 Å². The van der Waals surface area contributed by atoms with Crippen molar-refractivity contribution in [3.05, 3.63) is 57.9 Å². The minimum atomic E-state index is -0.262. The van der Waals surface area contributed by atoms with Crippen LogP contribution in [0.5, 0.6) is 5.88 Å². The second-order valence-corrected chi connectivity index (χ2v) is 5.57. The number of ether oxygens (including phenoxy) is 1. The summed E-state index contributed by atoms with van der Waals surface area (Å²) in [5.74, 6) is 5.94. The predicted molar refractivity (Wildman–Crippen MR) is 83.4 cm³/mol. The van der Waals surface area contributed by atoms with Gasteiger partial charge in [0.05, 0.1) is 7.11 Å². The van der Waals surface area contributed by atoms with Gasteiger partial charge in [-0.25, -0.2) is 9.37 Å². The van der Waals surface area contributed by atoms with Gasteiger partial charge < -0.3 is 4.74 Å². The van der Waals surface area contributed by atoms with Crippen LogP contribution in [-0.2, 0) is 12.8 Å². The van der Waals surface area contributed by atoms with Gasteiger partial charge in [0.25, 0.3) is 0 Å². The molecule has 0 aliphatic carbocycles. The van der Waals surface area contributed by atoms with E-state index in [2.05, 4.69) is 26.3 Å². The number of hydrazine groups is 1. The molecule has 6 heteroatoms. The molecule has 0 saturated carbocycles. The average Bonchev–Trinajstić information content (AvgIpc) is 2.49. The van der Waals surface area contributed by atoms with Gasteiger partial charge in [0.2, 0.25) is 5.88 Å². The second-order valence-electron chi connectivity index (χ2n) is 4.72. The molecule has 0 saturated heterocycles. The normalized spacial score (nSPS) is 12.2. The van der Waals surface area contributed by atoms with Crippen LogP contribution < -0.4 is 16.0 Å². The Balaban J connectivity index is 2.05. The van der Waals surface area contributed by atoms with E-state index in [1.807, 2.05) is 12.1 Å². The van der Waals surface area contributed by atoms with E-state index < -0.39 is 0 Å². The molecule has 4 nitrogen and oxygen atoms in total. The highest BCUT2D eigenvalue weighted by Gasteiger charge is 2.12. The Hall–Kier alpha value is -1.50. The summed E-state index contributed by atoms with van der Waals surface area (Å²) in [6.07, 6.45) is 3.17. The summed E-state index contributed by atoms with van der Waals surface area (Å²) in [4.78, 5) is 4.17. The first-order valence-electron chi connectivity index (χ1n) is 6.51. The Morgan fingerprint density at radius 2 is 2.14 bits per heavy atom. The van der Waals surface area contributed by atoms with Crippen LogP contribution in [0.2, 0.25) is 0 Å². The highest BCUT2D eigenvalue weighted by atomic mass is 79.9. The molecular weight excluding hydrogens is 337 g/mol. The van der Waals surface area contributed by atoms with Gasteiger partial charge in [0, 0.05) is 22.8 Å². The molecule has 0 bridgehead atoms.